The number of hydrogen-bond donors (Lipinski definition) is 2. The maximum atomic E-state index is 12.6. The molecule has 0 saturated carbocycles. The molecule has 0 aromatic heterocycles. The molecule has 2 aromatic carbocycles. The van der Waals surface area contributed by atoms with Crippen LogP contribution in [0.3, 0.4) is 0 Å². The Labute approximate surface area is 194 Å². The lowest BCUT2D eigenvalue weighted by Crippen LogP contribution is -2.44. The smallest absolute Gasteiger partial charge is 0.263 e. The van der Waals surface area contributed by atoms with E-state index in [1.807, 2.05) is 19.1 Å². The van der Waals surface area contributed by atoms with Crippen LogP contribution in [0.1, 0.15) is 37.3 Å². The molecule has 4 rings (SSSR count). The average molecular weight is 472 g/mol. The molecular formula is C24H29N3O5S. The predicted octanol–water partition coefficient (Wildman–Crippen LogP) is 2.38. The molecule has 0 aliphatic carbocycles. The largest absolute Gasteiger partial charge is 0.494 e. The molecule has 176 valence electrons. The second-order valence-electron chi connectivity index (χ2n) is 8.21. The summed E-state index contributed by atoms with van der Waals surface area (Å²) in [5.41, 5.74) is 1.51. The highest BCUT2D eigenvalue weighted by Crippen LogP contribution is 2.35. The predicted molar refractivity (Wildman–Crippen MR) is 125 cm³/mol. The lowest BCUT2D eigenvalue weighted by atomic mass is 9.74. The lowest BCUT2D eigenvalue weighted by molar-refractivity contribution is -0.121. The van der Waals surface area contributed by atoms with E-state index in [-0.39, 0.29) is 35.0 Å². The molecule has 1 amide bonds. The first kappa shape index (κ1) is 23.3. The van der Waals surface area contributed by atoms with E-state index in [0.29, 0.717) is 31.9 Å². The van der Waals surface area contributed by atoms with Gasteiger partial charge in [-0.2, -0.15) is 0 Å². The maximum Gasteiger partial charge on any atom is 0.263 e. The number of carbonyl (C=O) groups excluding carboxylic acids is 1. The summed E-state index contributed by atoms with van der Waals surface area (Å²) in [6.07, 6.45) is 1.81. The second-order valence-corrected chi connectivity index (χ2v) is 9.86. The summed E-state index contributed by atoms with van der Waals surface area (Å²) in [5.74, 6) is 0.995. The Morgan fingerprint density at radius 3 is 2.61 bits per heavy atom. The highest BCUT2D eigenvalue weighted by atomic mass is 32.2. The van der Waals surface area contributed by atoms with E-state index in [2.05, 4.69) is 27.2 Å². The Bertz CT molecular complexity index is 1120. The summed E-state index contributed by atoms with van der Waals surface area (Å²) in [7, 11) is -3.58. The van der Waals surface area contributed by atoms with Crippen LogP contribution in [-0.2, 0) is 25.0 Å². The first-order valence-electron chi connectivity index (χ1n) is 11.2. The molecule has 2 N–H and O–H groups in total. The van der Waals surface area contributed by atoms with Crippen LogP contribution in [0.15, 0.2) is 58.4 Å². The van der Waals surface area contributed by atoms with Crippen molar-refractivity contribution in [1.29, 1.82) is 0 Å². The van der Waals surface area contributed by atoms with Gasteiger partial charge in [-0.1, -0.05) is 24.3 Å². The highest BCUT2D eigenvalue weighted by Gasteiger charge is 2.35. The molecule has 33 heavy (non-hydrogen) atoms. The summed E-state index contributed by atoms with van der Waals surface area (Å²) < 4.78 is 37.9. The van der Waals surface area contributed by atoms with Crippen molar-refractivity contribution in [3.8, 4) is 5.75 Å². The van der Waals surface area contributed by atoms with Gasteiger partial charge in [-0.05, 0) is 49.6 Å². The zero-order chi connectivity index (χ0) is 23.3. The van der Waals surface area contributed by atoms with Crippen molar-refractivity contribution in [2.75, 3.05) is 32.9 Å². The Morgan fingerprint density at radius 1 is 1.15 bits per heavy atom. The van der Waals surface area contributed by atoms with E-state index in [0.717, 1.165) is 24.2 Å². The number of rotatable bonds is 8. The SMILES string of the molecule is CCOc1ccc(C2(CNC(=O)CCN=C3NS(=O)(=O)c4ccccc43)CCOCC2)cc1. The third-order valence-electron chi connectivity index (χ3n) is 6.12. The first-order valence-corrected chi connectivity index (χ1v) is 12.7. The normalized spacial score (nSPS) is 19.5. The summed E-state index contributed by atoms with van der Waals surface area (Å²) in [4.78, 5) is 17.1. The number of fused-ring (bicyclic) bond motifs is 1. The van der Waals surface area contributed by atoms with Crippen molar-refractivity contribution in [3.05, 3.63) is 59.7 Å². The van der Waals surface area contributed by atoms with E-state index in [4.69, 9.17) is 9.47 Å². The van der Waals surface area contributed by atoms with Gasteiger partial charge in [-0.15, -0.1) is 0 Å². The van der Waals surface area contributed by atoms with Gasteiger partial charge in [0, 0.05) is 37.2 Å². The number of benzene rings is 2. The van der Waals surface area contributed by atoms with Gasteiger partial charge in [-0.25, -0.2) is 8.42 Å². The molecule has 9 heteroatoms. The molecule has 0 spiro atoms. The topological polar surface area (TPSA) is 106 Å². The molecule has 8 nitrogen and oxygen atoms in total. The van der Waals surface area contributed by atoms with Crippen molar-refractivity contribution in [2.24, 2.45) is 4.99 Å². The van der Waals surface area contributed by atoms with Crippen molar-refractivity contribution in [1.82, 2.24) is 10.0 Å². The maximum absolute atomic E-state index is 12.6. The van der Waals surface area contributed by atoms with Crippen LogP contribution >= 0.6 is 0 Å². The molecule has 0 atom stereocenters. The molecule has 2 heterocycles. The van der Waals surface area contributed by atoms with Crippen molar-refractivity contribution >= 4 is 21.8 Å². The number of nitrogens with one attached hydrogen (secondary N) is 2. The fourth-order valence-corrected chi connectivity index (χ4v) is 5.53. The third kappa shape index (κ3) is 5.20. The number of amides is 1. The Balaban J connectivity index is 1.37. The van der Waals surface area contributed by atoms with Gasteiger partial charge >= 0.3 is 0 Å². The standard InChI is InChI=1S/C24H29N3O5S/c1-2-32-19-9-7-18(8-10-19)24(12-15-31-16-13-24)17-26-22(28)11-14-25-23-20-5-3-4-6-21(20)33(29,30)27-23/h3-10H,2,11-17H2,1H3,(H,25,27)(H,26,28). The van der Waals surface area contributed by atoms with Gasteiger partial charge in [0.15, 0.2) is 0 Å². The minimum atomic E-state index is -3.58. The van der Waals surface area contributed by atoms with Crippen molar-refractivity contribution < 1.29 is 22.7 Å². The van der Waals surface area contributed by atoms with Crippen LogP contribution in [0.25, 0.3) is 0 Å². The molecule has 0 radical (unpaired) electrons. The fourth-order valence-electron chi connectivity index (χ4n) is 4.28. The number of aliphatic imine (C=N–C) groups is 1. The van der Waals surface area contributed by atoms with E-state index in [9.17, 15) is 13.2 Å². The van der Waals surface area contributed by atoms with Gasteiger partial charge < -0.3 is 14.8 Å². The molecule has 1 fully saturated rings. The van der Waals surface area contributed by atoms with Crippen LogP contribution in [0.4, 0.5) is 0 Å². The number of ether oxygens (including phenoxy) is 2. The minimum absolute atomic E-state index is 0.120. The van der Waals surface area contributed by atoms with Crippen LogP contribution in [-0.4, -0.2) is 53.1 Å². The summed E-state index contributed by atoms with van der Waals surface area (Å²) in [6, 6.07) is 14.8. The van der Waals surface area contributed by atoms with Crippen LogP contribution < -0.4 is 14.8 Å². The van der Waals surface area contributed by atoms with E-state index in [1.54, 1.807) is 24.3 Å². The second kappa shape index (κ2) is 9.93. The van der Waals surface area contributed by atoms with Crippen LogP contribution in [0.5, 0.6) is 5.75 Å². The van der Waals surface area contributed by atoms with Crippen LogP contribution in [0.2, 0.25) is 0 Å². The van der Waals surface area contributed by atoms with Crippen molar-refractivity contribution in [3.63, 3.8) is 0 Å². The number of amidine groups is 1. The molecule has 2 aliphatic heterocycles. The van der Waals surface area contributed by atoms with Gasteiger partial charge in [-0.3, -0.25) is 14.5 Å². The van der Waals surface area contributed by atoms with Gasteiger partial charge in [0.1, 0.15) is 11.6 Å². The Kier molecular flexibility index (Phi) is 6.99. The average Bonchev–Trinajstić information content (AvgIpc) is 3.09. The molecule has 1 saturated heterocycles. The van der Waals surface area contributed by atoms with E-state index < -0.39 is 10.0 Å². The summed E-state index contributed by atoms with van der Waals surface area (Å²) in [5, 5.41) is 3.06. The molecule has 2 aromatic rings. The van der Waals surface area contributed by atoms with Gasteiger partial charge in [0.05, 0.1) is 18.0 Å². The number of nitrogens with zero attached hydrogens (tertiary/aromatic N) is 1. The number of hydrogen-bond acceptors (Lipinski definition) is 6. The first-order chi connectivity index (χ1) is 15.9. The van der Waals surface area contributed by atoms with Crippen LogP contribution in [0, 0.1) is 0 Å². The highest BCUT2D eigenvalue weighted by molar-refractivity contribution is 7.90. The summed E-state index contributed by atoms with van der Waals surface area (Å²) in [6.45, 7) is 4.57. The minimum Gasteiger partial charge on any atom is -0.494 e. The van der Waals surface area contributed by atoms with E-state index >= 15 is 0 Å². The van der Waals surface area contributed by atoms with Gasteiger partial charge in [0.25, 0.3) is 10.0 Å². The zero-order valence-corrected chi connectivity index (χ0v) is 19.5. The molecule has 2 aliphatic rings. The molecule has 0 bridgehead atoms. The van der Waals surface area contributed by atoms with Crippen molar-refractivity contribution in [2.45, 2.75) is 36.5 Å². The third-order valence-corrected chi connectivity index (χ3v) is 7.52. The quantitative estimate of drug-likeness (QED) is 0.615. The van der Waals surface area contributed by atoms with Gasteiger partial charge in [0.2, 0.25) is 5.91 Å². The molecule has 0 unspecified atom stereocenters. The van der Waals surface area contributed by atoms with E-state index in [1.165, 1.54) is 0 Å². The monoisotopic (exact) mass is 471 g/mol. The fraction of sp³-hybridized carbons (Fsp3) is 0.417. The Hall–Kier alpha value is -2.91. The summed E-state index contributed by atoms with van der Waals surface area (Å²) >= 11 is 0. The number of carbonyl (C=O) groups is 1. The lowest BCUT2D eigenvalue weighted by Gasteiger charge is -2.38. The Morgan fingerprint density at radius 2 is 1.88 bits per heavy atom. The molecular weight excluding hydrogens is 442 g/mol. The zero-order valence-electron chi connectivity index (χ0n) is 18.7. The number of sulfonamides is 1.